The van der Waals surface area contributed by atoms with Gasteiger partial charge in [0.05, 0.1) is 0 Å². The molecule has 0 bridgehead atoms. The predicted molar refractivity (Wildman–Crippen MR) is 169 cm³/mol. The van der Waals surface area contributed by atoms with Gasteiger partial charge in [-0.2, -0.15) is 0 Å². The Morgan fingerprint density at radius 2 is 0.865 bits per heavy atom. The molecule has 0 heterocycles. The van der Waals surface area contributed by atoms with Gasteiger partial charge in [-0.25, -0.2) is 0 Å². The molecule has 0 N–H and O–H groups in total. The second kappa shape index (κ2) is 12.5. The van der Waals surface area contributed by atoms with Crippen LogP contribution in [0.4, 0.5) is 0 Å². The summed E-state index contributed by atoms with van der Waals surface area (Å²) in [5.41, 5.74) is 12.5. The van der Waals surface area contributed by atoms with Crippen molar-refractivity contribution in [2.24, 2.45) is 5.41 Å². The molecule has 0 aliphatic rings. The predicted octanol–water partition coefficient (Wildman–Crippen LogP) is 10.4. The first-order valence-corrected chi connectivity index (χ1v) is 18.5. The molecule has 0 nitrogen and oxygen atoms in total. The number of hydrogen-bond acceptors (Lipinski definition) is 0. The van der Waals surface area contributed by atoms with Gasteiger partial charge in [0.1, 0.15) is 0 Å². The second-order valence-electron chi connectivity index (χ2n) is 13.3. The molecule has 199 valence electrons. The molecule has 0 saturated heterocycles. The van der Waals surface area contributed by atoms with Crippen molar-refractivity contribution in [2.75, 3.05) is 0 Å². The molecule has 0 atom stereocenters. The molecule has 0 aromatic heterocycles. The Morgan fingerprint density at radius 3 is 1.16 bits per heavy atom. The van der Waals surface area contributed by atoms with Gasteiger partial charge in [-0.3, -0.25) is 0 Å². The van der Waals surface area contributed by atoms with Gasteiger partial charge in [-0.15, -0.1) is 0 Å². The van der Waals surface area contributed by atoms with E-state index < -0.39 is 21.1 Å². The standard InChI is InChI=1S/C30H37.C6H13.Sn.H/c1-19(2)25-14-10-15-26(20(3)4)29(25)23-12-9-13-24(18-23)30-27(21(5)6)16-11-17-28(30)22(7)8;1-5-6(2,3)4;;/h9-17,19-22H,1-8H3;1,5H2,2-4H3;;. The Balaban J connectivity index is 2.41. The summed E-state index contributed by atoms with van der Waals surface area (Å²) in [5.74, 6) is 2.01. The molecule has 0 aliphatic heterocycles. The minimum atomic E-state index is -1.09. The van der Waals surface area contributed by atoms with Crippen molar-refractivity contribution in [3.63, 3.8) is 0 Å². The zero-order valence-electron chi connectivity index (χ0n) is 25.5. The molecule has 3 aromatic rings. The summed E-state index contributed by atoms with van der Waals surface area (Å²) in [4.78, 5) is 0. The van der Waals surface area contributed by atoms with Crippen molar-refractivity contribution in [3.8, 4) is 22.3 Å². The normalized spacial score (nSPS) is 12.4. The summed E-state index contributed by atoms with van der Waals surface area (Å²) in [6.45, 7) is 26.1. The third-order valence-electron chi connectivity index (χ3n) is 7.63. The molecule has 37 heavy (non-hydrogen) atoms. The summed E-state index contributed by atoms with van der Waals surface area (Å²) >= 11 is -1.09. The van der Waals surface area contributed by atoms with Gasteiger partial charge in [0.25, 0.3) is 0 Å². The van der Waals surface area contributed by atoms with Crippen molar-refractivity contribution in [3.05, 3.63) is 76.9 Å². The van der Waals surface area contributed by atoms with Crippen LogP contribution in [0.5, 0.6) is 0 Å². The van der Waals surface area contributed by atoms with Crippen LogP contribution in [-0.4, -0.2) is 21.1 Å². The van der Waals surface area contributed by atoms with Crippen molar-refractivity contribution >= 4 is 24.7 Å². The first-order valence-electron chi connectivity index (χ1n) is 14.6. The van der Waals surface area contributed by atoms with Gasteiger partial charge in [-0.1, -0.05) is 0 Å². The third-order valence-corrected chi connectivity index (χ3v) is 12.2. The van der Waals surface area contributed by atoms with E-state index in [9.17, 15) is 0 Å². The van der Waals surface area contributed by atoms with Crippen LogP contribution < -0.4 is 3.58 Å². The van der Waals surface area contributed by atoms with Crippen LogP contribution in [0.15, 0.2) is 54.6 Å². The van der Waals surface area contributed by atoms with Gasteiger partial charge >= 0.3 is 240 Å². The number of benzene rings is 3. The van der Waals surface area contributed by atoms with Gasteiger partial charge in [-0.05, 0) is 0 Å². The van der Waals surface area contributed by atoms with Crippen LogP contribution in [0.1, 0.15) is 129 Å². The van der Waals surface area contributed by atoms with E-state index in [0.29, 0.717) is 29.1 Å². The van der Waals surface area contributed by atoms with Crippen LogP contribution in [-0.2, 0) is 0 Å². The van der Waals surface area contributed by atoms with Crippen LogP contribution >= 0.6 is 0 Å². The fraction of sp³-hybridized carbons (Fsp3) is 0.500. The Bertz CT molecular complexity index is 1050. The van der Waals surface area contributed by atoms with Crippen LogP contribution in [0, 0.1) is 5.41 Å². The Hall–Kier alpha value is -1.54. The van der Waals surface area contributed by atoms with E-state index in [1.807, 2.05) is 0 Å². The summed E-state index contributed by atoms with van der Waals surface area (Å²) in [7, 11) is 0. The molecule has 0 fully saturated rings. The minimum absolute atomic E-state index is 0.388. The van der Waals surface area contributed by atoms with Crippen LogP contribution in [0.3, 0.4) is 0 Å². The molecule has 0 saturated carbocycles. The fourth-order valence-corrected chi connectivity index (χ4v) is 11.9. The molecule has 3 aromatic carbocycles. The average molecular weight is 603 g/mol. The van der Waals surface area contributed by atoms with Gasteiger partial charge in [0.2, 0.25) is 0 Å². The van der Waals surface area contributed by atoms with Gasteiger partial charge in [0, 0.05) is 0 Å². The van der Waals surface area contributed by atoms with Gasteiger partial charge in [0.15, 0.2) is 0 Å². The zero-order valence-corrected chi connectivity index (χ0v) is 28.8. The molecule has 1 radical (unpaired) electrons. The van der Waals surface area contributed by atoms with E-state index >= 15 is 0 Å². The molecule has 3 rings (SSSR count). The molecule has 0 unspecified atom stereocenters. The quantitative estimate of drug-likeness (QED) is 0.214. The van der Waals surface area contributed by atoms with Crippen molar-refractivity contribution < 1.29 is 0 Å². The van der Waals surface area contributed by atoms with E-state index in [2.05, 4.69) is 131 Å². The SMILES string of the molecule is CC(C)c1cccc(C(C)C)c1-c1cccc(-c2c(C(C)C)cccc2C(C)C)[c]1[SnH][CH2]CC(C)(C)C. The van der Waals surface area contributed by atoms with Crippen molar-refractivity contribution in [1.82, 2.24) is 0 Å². The molecule has 1 heteroatoms. The first-order chi connectivity index (χ1) is 17.3. The Labute approximate surface area is 238 Å². The third kappa shape index (κ3) is 7.11. The summed E-state index contributed by atoms with van der Waals surface area (Å²) in [6.07, 6.45) is 1.31. The Morgan fingerprint density at radius 1 is 0.541 bits per heavy atom. The summed E-state index contributed by atoms with van der Waals surface area (Å²) in [5, 5.41) is 0. The van der Waals surface area contributed by atoms with E-state index in [1.54, 1.807) is 3.58 Å². The zero-order chi connectivity index (χ0) is 27.5. The monoisotopic (exact) mass is 603 g/mol. The van der Waals surface area contributed by atoms with Crippen molar-refractivity contribution in [1.29, 1.82) is 0 Å². The van der Waals surface area contributed by atoms with Crippen LogP contribution in [0.2, 0.25) is 4.44 Å². The summed E-state index contributed by atoms with van der Waals surface area (Å²) in [6, 6.07) is 21.4. The van der Waals surface area contributed by atoms with E-state index in [1.165, 1.54) is 55.4 Å². The van der Waals surface area contributed by atoms with E-state index in [0.717, 1.165) is 0 Å². The number of hydrogen-bond donors (Lipinski definition) is 0. The summed E-state index contributed by atoms with van der Waals surface area (Å²) < 4.78 is 3.12. The van der Waals surface area contributed by atoms with Crippen molar-refractivity contribution in [2.45, 2.75) is 111 Å². The fourth-order valence-electron chi connectivity index (χ4n) is 5.59. The molecular weight excluding hydrogens is 551 g/mol. The Kier molecular flexibility index (Phi) is 10.2. The molecule has 0 amide bonds. The number of rotatable bonds is 9. The maximum absolute atomic E-state index is 2.46. The molecule has 0 spiro atoms. The maximum atomic E-state index is 2.46. The molecular formula is C36H51Sn. The van der Waals surface area contributed by atoms with E-state index in [4.69, 9.17) is 0 Å². The van der Waals surface area contributed by atoms with Gasteiger partial charge < -0.3 is 0 Å². The topological polar surface area (TPSA) is 0 Å². The second-order valence-corrected chi connectivity index (χ2v) is 17.8. The first kappa shape index (κ1) is 30.0. The van der Waals surface area contributed by atoms with E-state index in [-0.39, 0.29) is 0 Å². The van der Waals surface area contributed by atoms with Crippen LogP contribution in [0.25, 0.3) is 22.3 Å². The average Bonchev–Trinajstić information content (AvgIpc) is 2.82. The molecule has 0 aliphatic carbocycles.